The van der Waals surface area contributed by atoms with Gasteiger partial charge in [0.2, 0.25) is 0 Å². The van der Waals surface area contributed by atoms with E-state index in [0.717, 1.165) is 5.92 Å². The van der Waals surface area contributed by atoms with E-state index in [1.807, 2.05) is 0 Å². The minimum Gasteiger partial charge on any atom is -0.395 e. The molecular formula is C12H20O. The Morgan fingerprint density at radius 1 is 1.46 bits per heavy atom. The minimum absolute atomic E-state index is 0.178. The second-order valence-corrected chi connectivity index (χ2v) is 4.89. The van der Waals surface area contributed by atoms with E-state index in [0.29, 0.717) is 12.5 Å². The van der Waals surface area contributed by atoms with E-state index >= 15 is 0 Å². The van der Waals surface area contributed by atoms with Crippen molar-refractivity contribution in [2.45, 2.75) is 39.5 Å². The van der Waals surface area contributed by atoms with Gasteiger partial charge in [-0.1, -0.05) is 25.5 Å². The fraction of sp³-hybridized carbons (Fsp3) is 0.833. The largest absolute Gasteiger partial charge is 0.395 e. The second kappa shape index (κ2) is 3.13. The molecule has 0 saturated heterocycles. The van der Waals surface area contributed by atoms with Crippen molar-refractivity contribution in [1.29, 1.82) is 0 Å². The molecule has 2 aliphatic rings. The van der Waals surface area contributed by atoms with Crippen LogP contribution in [0.3, 0.4) is 0 Å². The molecule has 0 aromatic carbocycles. The van der Waals surface area contributed by atoms with Crippen LogP contribution in [0.1, 0.15) is 39.5 Å². The summed E-state index contributed by atoms with van der Waals surface area (Å²) in [5, 5.41) is 9.60. The Bertz CT molecular complexity index is 231. The normalized spacial score (nSPS) is 44.4. The van der Waals surface area contributed by atoms with E-state index in [9.17, 15) is 5.11 Å². The first-order valence-electron chi connectivity index (χ1n) is 5.52. The van der Waals surface area contributed by atoms with E-state index in [4.69, 9.17) is 0 Å². The van der Waals surface area contributed by atoms with Crippen LogP contribution >= 0.6 is 0 Å². The molecule has 13 heavy (non-hydrogen) atoms. The predicted octanol–water partition coefficient (Wildman–Crippen LogP) is 2.75. The molecule has 1 fully saturated rings. The lowest BCUT2D eigenvalue weighted by atomic mass is 9.67. The van der Waals surface area contributed by atoms with Crippen LogP contribution in [0.15, 0.2) is 11.6 Å². The van der Waals surface area contributed by atoms with Crippen molar-refractivity contribution in [3.05, 3.63) is 11.6 Å². The molecule has 2 rings (SSSR count). The number of hydrogen-bond acceptors (Lipinski definition) is 1. The quantitative estimate of drug-likeness (QED) is 0.615. The van der Waals surface area contributed by atoms with Crippen LogP contribution in [-0.2, 0) is 0 Å². The van der Waals surface area contributed by atoms with E-state index in [1.165, 1.54) is 25.7 Å². The molecule has 3 atom stereocenters. The van der Waals surface area contributed by atoms with E-state index in [-0.39, 0.29) is 5.41 Å². The van der Waals surface area contributed by atoms with Gasteiger partial charge in [-0.25, -0.2) is 0 Å². The van der Waals surface area contributed by atoms with E-state index in [2.05, 4.69) is 19.9 Å². The molecule has 3 unspecified atom stereocenters. The fourth-order valence-electron chi connectivity index (χ4n) is 3.29. The Morgan fingerprint density at radius 2 is 2.23 bits per heavy atom. The summed E-state index contributed by atoms with van der Waals surface area (Å²) in [7, 11) is 0. The number of rotatable bonds is 1. The van der Waals surface area contributed by atoms with Crippen LogP contribution < -0.4 is 0 Å². The Labute approximate surface area is 80.8 Å². The molecule has 74 valence electrons. The van der Waals surface area contributed by atoms with Crippen molar-refractivity contribution in [3.63, 3.8) is 0 Å². The summed E-state index contributed by atoms with van der Waals surface area (Å²) in [6, 6.07) is 0. The van der Waals surface area contributed by atoms with Gasteiger partial charge in [-0.15, -0.1) is 0 Å². The summed E-state index contributed by atoms with van der Waals surface area (Å²) in [6.45, 7) is 4.98. The number of allylic oxidation sites excluding steroid dienone is 1. The van der Waals surface area contributed by atoms with Gasteiger partial charge in [0, 0.05) is 5.41 Å². The molecular weight excluding hydrogens is 160 g/mol. The molecule has 0 amide bonds. The Morgan fingerprint density at radius 3 is 2.85 bits per heavy atom. The summed E-state index contributed by atoms with van der Waals surface area (Å²) in [4.78, 5) is 0. The number of fused-ring (bicyclic) bond motifs is 1. The van der Waals surface area contributed by atoms with E-state index < -0.39 is 0 Å². The first-order valence-corrected chi connectivity index (χ1v) is 5.52. The highest BCUT2D eigenvalue weighted by Crippen LogP contribution is 2.54. The maximum atomic E-state index is 9.60. The zero-order chi connectivity index (χ0) is 9.47. The SMILES string of the molecule is CC1CCC2(CO)C1=CCCC2C. The van der Waals surface area contributed by atoms with Crippen LogP contribution in [0.5, 0.6) is 0 Å². The standard InChI is InChI=1S/C12H20O/c1-9-6-7-12(8-13)10(2)4-3-5-11(9)12/h5,9-10,13H,3-4,6-8H2,1-2H3. The molecule has 0 radical (unpaired) electrons. The highest BCUT2D eigenvalue weighted by molar-refractivity contribution is 5.26. The van der Waals surface area contributed by atoms with Gasteiger partial charge in [0.25, 0.3) is 0 Å². The maximum absolute atomic E-state index is 9.60. The Kier molecular flexibility index (Phi) is 2.23. The van der Waals surface area contributed by atoms with Gasteiger partial charge in [-0.05, 0) is 37.5 Å². The second-order valence-electron chi connectivity index (χ2n) is 4.89. The molecule has 0 spiro atoms. The van der Waals surface area contributed by atoms with Crippen molar-refractivity contribution in [1.82, 2.24) is 0 Å². The van der Waals surface area contributed by atoms with Crippen LogP contribution in [0.25, 0.3) is 0 Å². The zero-order valence-electron chi connectivity index (χ0n) is 8.71. The van der Waals surface area contributed by atoms with Gasteiger partial charge in [0.15, 0.2) is 0 Å². The van der Waals surface area contributed by atoms with E-state index in [1.54, 1.807) is 5.57 Å². The lowest BCUT2D eigenvalue weighted by Crippen LogP contribution is -2.34. The Hall–Kier alpha value is -0.300. The van der Waals surface area contributed by atoms with Crippen molar-refractivity contribution in [2.75, 3.05) is 6.61 Å². The molecule has 0 heterocycles. The summed E-state index contributed by atoms with van der Waals surface area (Å²) in [6.07, 6.45) is 7.36. The lowest BCUT2D eigenvalue weighted by molar-refractivity contribution is 0.0974. The average Bonchev–Trinajstić information content (AvgIpc) is 2.47. The number of hydrogen-bond donors (Lipinski definition) is 1. The lowest BCUT2D eigenvalue weighted by Gasteiger charge is -2.39. The van der Waals surface area contributed by atoms with Gasteiger partial charge in [-0.2, -0.15) is 0 Å². The van der Waals surface area contributed by atoms with Crippen LogP contribution in [0, 0.1) is 17.3 Å². The topological polar surface area (TPSA) is 20.2 Å². The summed E-state index contributed by atoms with van der Waals surface area (Å²) in [5.74, 6) is 1.40. The molecule has 1 heteroatoms. The molecule has 2 aliphatic carbocycles. The van der Waals surface area contributed by atoms with Crippen molar-refractivity contribution in [2.24, 2.45) is 17.3 Å². The molecule has 0 aromatic heterocycles. The van der Waals surface area contributed by atoms with Gasteiger partial charge in [-0.3, -0.25) is 0 Å². The van der Waals surface area contributed by atoms with Gasteiger partial charge >= 0.3 is 0 Å². The zero-order valence-corrected chi connectivity index (χ0v) is 8.71. The van der Waals surface area contributed by atoms with Gasteiger partial charge in [0.05, 0.1) is 6.61 Å². The first kappa shape index (κ1) is 9.26. The molecule has 0 aliphatic heterocycles. The van der Waals surface area contributed by atoms with Crippen molar-refractivity contribution in [3.8, 4) is 0 Å². The van der Waals surface area contributed by atoms with Gasteiger partial charge in [0.1, 0.15) is 0 Å². The van der Waals surface area contributed by atoms with Gasteiger partial charge < -0.3 is 5.11 Å². The van der Waals surface area contributed by atoms with Crippen LogP contribution in [0.4, 0.5) is 0 Å². The minimum atomic E-state index is 0.178. The predicted molar refractivity (Wildman–Crippen MR) is 54.4 cm³/mol. The first-order chi connectivity index (χ1) is 6.20. The van der Waals surface area contributed by atoms with Crippen LogP contribution in [-0.4, -0.2) is 11.7 Å². The van der Waals surface area contributed by atoms with Crippen molar-refractivity contribution < 1.29 is 5.11 Å². The molecule has 1 saturated carbocycles. The van der Waals surface area contributed by atoms with Crippen LogP contribution in [0.2, 0.25) is 0 Å². The fourth-order valence-corrected chi connectivity index (χ4v) is 3.29. The number of aliphatic hydroxyl groups excluding tert-OH is 1. The average molecular weight is 180 g/mol. The van der Waals surface area contributed by atoms with Crippen molar-refractivity contribution >= 4 is 0 Å². The summed E-state index contributed by atoms with van der Waals surface area (Å²) < 4.78 is 0. The smallest absolute Gasteiger partial charge is 0.0527 e. The third-order valence-corrected chi connectivity index (χ3v) is 4.32. The molecule has 1 N–H and O–H groups in total. The summed E-state index contributed by atoms with van der Waals surface area (Å²) in [5.41, 5.74) is 1.74. The molecule has 1 nitrogen and oxygen atoms in total. The summed E-state index contributed by atoms with van der Waals surface area (Å²) >= 11 is 0. The molecule has 0 bridgehead atoms. The maximum Gasteiger partial charge on any atom is 0.0527 e. The third-order valence-electron chi connectivity index (χ3n) is 4.32. The monoisotopic (exact) mass is 180 g/mol. The highest BCUT2D eigenvalue weighted by atomic mass is 16.3. The highest BCUT2D eigenvalue weighted by Gasteiger charge is 2.46. The molecule has 0 aromatic rings. The Balaban J connectivity index is 2.36. The number of aliphatic hydroxyl groups is 1. The third kappa shape index (κ3) is 1.17.